The Morgan fingerprint density at radius 1 is 1.05 bits per heavy atom. The summed E-state index contributed by atoms with van der Waals surface area (Å²) in [7, 11) is 0. The summed E-state index contributed by atoms with van der Waals surface area (Å²) in [4.78, 5) is 23.9. The highest BCUT2D eigenvalue weighted by Gasteiger charge is 2.69. The number of aliphatic hydroxyl groups is 1. The van der Waals surface area contributed by atoms with E-state index in [4.69, 9.17) is 0 Å². The zero-order valence-corrected chi connectivity index (χ0v) is 12.7. The van der Waals surface area contributed by atoms with Crippen LogP contribution in [0.15, 0.2) is 24.3 Å². The quantitative estimate of drug-likeness (QED) is 0.778. The van der Waals surface area contributed by atoms with Crippen molar-refractivity contribution in [2.24, 2.45) is 11.3 Å². The van der Waals surface area contributed by atoms with Crippen LogP contribution in [0.25, 0.3) is 0 Å². The standard InChI is InChI=1S/C17H20O5/c1-15-8-5-9-16(2,13(18)19)12(15)17(22,14(20)21)11-7-4-3-6-10(11)15/h3-4,6-7,12,22H,5,8-9H2,1-2H3,(H,18,19)(H,20,21)/t12-,15+,16-,17+/m1/s1. The summed E-state index contributed by atoms with van der Waals surface area (Å²) in [5.74, 6) is -3.31. The molecule has 4 atom stereocenters. The molecule has 118 valence electrons. The van der Waals surface area contributed by atoms with Crippen LogP contribution < -0.4 is 0 Å². The van der Waals surface area contributed by atoms with Crippen molar-refractivity contribution in [3.05, 3.63) is 35.4 Å². The number of aliphatic carboxylic acids is 2. The minimum absolute atomic E-state index is 0.337. The molecular weight excluding hydrogens is 284 g/mol. The van der Waals surface area contributed by atoms with E-state index in [0.29, 0.717) is 24.8 Å². The van der Waals surface area contributed by atoms with E-state index < -0.39 is 34.3 Å². The molecule has 0 saturated heterocycles. The van der Waals surface area contributed by atoms with Crippen LogP contribution in [0.5, 0.6) is 0 Å². The van der Waals surface area contributed by atoms with Crippen LogP contribution in [0.2, 0.25) is 0 Å². The summed E-state index contributed by atoms with van der Waals surface area (Å²) < 4.78 is 0. The number of hydrogen-bond acceptors (Lipinski definition) is 3. The fourth-order valence-corrected chi connectivity index (χ4v) is 4.96. The van der Waals surface area contributed by atoms with Crippen LogP contribution in [-0.4, -0.2) is 27.3 Å². The second-order valence-electron chi connectivity index (χ2n) is 7.04. The van der Waals surface area contributed by atoms with Crippen LogP contribution in [0.3, 0.4) is 0 Å². The molecule has 0 spiro atoms. The Labute approximate surface area is 128 Å². The molecule has 22 heavy (non-hydrogen) atoms. The molecule has 1 aromatic carbocycles. The van der Waals surface area contributed by atoms with Gasteiger partial charge in [-0.05, 0) is 30.9 Å². The molecule has 3 N–H and O–H groups in total. The Morgan fingerprint density at radius 2 is 1.64 bits per heavy atom. The van der Waals surface area contributed by atoms with Crippen molar-refractivity contribution < 1.29 is 24.9 Å². The molecular formula is C17H20O5. The van der Waals surface area contributed by atoms with Crippen LogP contribution in [0, 0.1) is 11.3 Å². The fourth-order valence-electron chi connectivity index (χ4n) is 4.96. The molecule has 0 amide bonds. The maximum atomic E-state index is 12.0. The second kappa shape index (κ2) is 4.32. The number of hydrogen-bond donors (Lipinski definition) is 3. The van der Waals surface area contributed by atoms with Crippen LogP contribution in [0.1, 0.15) is 44.2 Å². The smallest absolute Gasteiger partial charge is 0.340 e. The highest BCUT2D eigenvalue weighted by atomic mass is 16.4. The van der Waals surface area contributed by atoms with Crippen LogP contribution in [0.4, 0.5) is 0 Å². The first-order valence-electron chi connectivity index (χ1n) is 7.48. The molecule has 1 fully saturated rings. The monoisotopic (exact) mass is 304 g/mol. The molecule has 0 aromatic heterocycles. The maximum Gasteiger partial charge on any atom is 0.340 e. The van der Waals surface area contributed by atoms with Crippen molar-refractivity contribution in [2.45, 2.75) is 44.1 Å². The molecule has 1 aromatic rings. The van der Waals surface area contributed by atoms with Crippen molar-refractivity contribution >= 4 is 11.9 Å². The minimum Gasteiger partial charge on any atom is -0.481 e. The third-order valence-corrected chi connectivity index (χ3v) is 5.85. The van der Waals surface area contributed by atoms with E-state index in [-0.39, 0.29) is 0 Å². The van der Waals surface area contributed by atoms with E-state index in [0.717, 1.165) is 5.56 Å². The Bertz CT molecular complexity index is 669. The minimum atomic E-state index is -2.17. The number of carboxylic acid groups (broad SMARTS) is 2. The Hall–Kier alpha value is -1.88. The van der Waals surface area contributed by atoms with Gasteiger partial charge in [0.15, 0.2) is 5.60 Å². The van der Waals surface area contributed by atoms with Gasteiger partial charge in [-0.25, -0.2) is 4.79 Å². The predicted molar refractivity (Wildman–Crippen MR) is 78.4 cm³/mol. The molecule has 2 aliphatic rings. The van der Waals surface area contributed by atoms with E-state index in [1.165, 1.54) is 0 Å². The van der Waals surface area contributed by atoms with E-state index in [1.54, 1.807) is 25.1 Å². The van der Waals surface area contributed by atoms with Gasteiger partial charge in [0.05, 0.1) is 5.41 Å². The number of benzene rings is 1. The summed E-state index contributed by atoms with van der Waals surface area (Å²) in [5.41, 5.74) is -3.01. The molecule has 0 unspecified atom stereocenters. The number of carboxylic acids is 2. The predicted octanol–water partition coefficient (Wildman–Crippen LogP) is 2.12. The lowest BCUT2D eigenvalue weighted by atomic mass is 9.53. The summed E-state index contributed by atoms with van der Waals surface area (Å²) in [6.07, 6.45) is 1.74. The Kier molecular flexibility index (Phi) is 2.95. The SMILES string of the molecule is C[C@@]1(C(=O)O)CCC[C@@]2(C)c3ccccc3[C@@](O)(C(=O)O)[C@@H]12. The summed E-state index contributed by atoms with van der Waals surface area (Å²) in [6.45, 7) is 3.45. The van der Waals surface area contributed by atoms with Crippen molar-refractivity contribution in [3.8, 4) is 0 Å². The zero-order valence-electron chi connectivity index (χ0n) is 12.7. The van der Waals surface area contributed by atoms with E-state index >= 15 is 0 Å². The van der Waals surface area contributed by atoms with Crippen molar-refractivity contribution in [1.29, 1.82) is 0 Å². The van der Waals surface area contributed by atoms with Gasteiger partial charge in [0.1, 0.15) is 0 Å². The van der Waals surface area contributed by atoms with Gasteiger partial charge in [-0.15, -0.1) is 0 Å². The molecule has 2 aliphatic carbocycles. The lowest BCUT2D eigenvalue weighted by Crippen LogP contribution is -2.57. The number of rotatable bonds is 2. The number of carbonyl (C=O) groups is 2. The molecule has 0 bridgehead atoms. The lowest BCUT2D eigenvalue weighted by Gasteiger charge is -2.50. The molecule has 1 saturated carbocycles. The van der Waals surface area contributed by atoms with Gasteiger partial charge < -0.3 is 15.3 Å². The summed E-state index contributed by atoms with van der Waals surface area (Å²) >= 11 is 0. The van der Waals surface area contributed by atoms with Crippen LogP contribution >= 0.6 is 0 Å². The first-order valence-corrected chi connectivity index (χ1v) is 7.48. The largest absolute Gasteiger partial charge is 0.481 e. The molecule has 5 heteroatoms. The van der Waals surface area contributed by atoms with Gasteiger partial charge in [-0.3, -0.25) is 4.79 Å². The third kappa shape index (κ3) is 1.52. The van der Waals surface area contributed by atoms with Crippen LogP contribution in [-0.2, 0) is 20.6 Å². The van der Waals surface area contributed by atoms with Crippen molar-refractivity contribution in [2.75, 3.05) is 0 Å². The maximum absolute atomic E-state index is 12.0. The van der Waals surface area contributed by atoms with Crippen molar-refractivity contribution in [1.82, 2.24) is 0 Å². The van der Waals surface area contributed by atoms with E-state index in [9.17, 15) is 24.9 Å². The highest BCUT2D eigenvalue weighted by Crippen LogP contribution is 2.64. The van der Waals surface area contributed by atoms with Gasteiger partial charge in [0.2, 0.25) is 0 Å². The van der Waals surface area contributed by atoms with Gasteiger partial charge in [0, 0.05) is 11.3 Å². The second-order valence-corrected chi connectivity index (χ2v) is 7.04. The van der Waals surface area contributed by atoms with Gasteiger partial charge in [-0.1, -0.05) is 37.6 Å². The lowest BCUT2D eigenvalue weighted by molar-refractivity contribution is -0.189. The highest BCUT2D eigenvalue weighted by molar-refractivity contribution is 5.86. The number of fused-ring (bicyclic) bond motifs is 3. The summed E-state index contributed by atoms with van der Waals surface area (Å²) in [5, 5.41) is 30.6. The van der Waals surface area contributed by atoms with E-state index in [1.807, 2.05) is 13.0 Å². The normalized spacial score (nSPS) is 39.9. The third-order valence-electron chi connectivity index (χ3n) is 5.85. The molecule has 5 nitrogen and oxygen atoms in total. The Morgan fingerprint density at radius 3 is 2.18 bits per heavy atom. The average Bonchev–Trinajstić information content (AvgIpc) is 2.67. The molecule has 3 rings (SSSR count). The van der Waals surface area contributed by atoms with Gasteiger partial charge in [-0.2, -0.15) is 0 Å². The average molecular weight is 304 g/mol. The first-order chi connectivity index (χ1) is 10.2. The summed E-state index contributed by atoms with van der Waals surface area (Å²) in [6, 6.07) is 6.92. The van der Waals surface area contributed by atoms with Gasteiger partial charge >= 0.3 is 11.9 Å². The molecule has 0 aliphatic heterocycles. The van der Waals surface area contributed by atoms with E-state index in [2.05, 4.69) is 0 Å². The first kappa shape index (κ1) is 15.0. The zero-order chi connectivity index (χ0) is 16.3. The topological polar surface area (TPSA) is 94.8 Å². The van der Waals surface area contributed by atoms with Gasteiger partial charge in [0.25, 0.3) is 0 Å². The van der Waals surface area contributed by atoms with Crippen molar-refractivity contribution in [3.63, 3.8) is 0 Å². The molecule has 0 radical (unpaired) electrons. The molecule has 0 heterocycles. The fraction of sp³-hybridized carbons (Fsp3) is 0.529. The Balaban J connectivity index is 2.35.